The number of nitrogens with zero attached hydrogens (tertiary/aromatic N) is 1. The van der Waals surface area contributed by atoms with Crippen molar-refractivity contribution in [3.8, 4) is 0 Å². The SMILES string of the molecule is CC/C=C\C/C=C\C/C=C\C/C=C\C/C=C\CCCCCCCCCC(=O)OC(/C=C/CCCCCCCCCCCCC)C(COP(=O)([O-])OCC[N+](C)(C)C)NC(=O)CCCCCCCCCCCCCCCCCCCCC. The number of nitrogens with one attached hydrogen (secondary N) is 1. The number of esters is 1. The molecule has 3 unspecified atom stereocenters. The van der Waals surface area contributed by atoms with E-state index in [4.69, 9.17) is 13.8 Å². The zero-order valence-corrected chi connectivity index (χ0v) is 54.9. The van der Waals surface area contributed by atoms with Gasteiger partial charge >= 0.3 is 5.97 Å². The van der Waals surface area contributed by atoms with E-state index in [0.717, 1.165) is 103 Å². The normalized spacial score (nSPS) is 14.0. The highest BCUT2D eigenvalue weighted by Crippen LogP contribution is 2.38. The minimum atomic E-state index is -4.71. The molecule has 0 aliphatic carbocycles. The first-order valence-electron chi connectivity index (χ1n) is 34.2. The lowest BCUT2D eigenvalue weighted by atomic mass is 10.0. The molecule has 0 fully saturated rings. The van der Waals surface area contributed by atoms with Gasteiger partial charge in [0.1, 0.15) is 19.3 Å². The molecule has 0 bridgehead atoms. The van der Waals surface area contributed by atoms with E-state index >= 15 is 0 Å². The lowest BCUT2D eigenvalue weighted by Crippen LogP contribution is -2.47. The van der Waals surface area contributed by atoms with Crippen LogP contribution in [0.25, 0.3) is 0 Å². The Labute approximate surface area is 502 Å². The molecule has 81 heavy (non-hydrogen) atoms. The number of unbranched alkanes of at least 4 members (excludes halogenated alkanes) is 36. The lowest BCUT2D eigenvalue weighted by Gasteiger charge is -2.30. The second-order valence-electron chi connectivity index (χ2n) is 24.3. The number of likely N-dealkylation sites (N-methyl/N-ethyl adjacent to an activating group) is 1. The summed E-state index contributed by atoms with van der Waals surface area (Å²) in [6.45, 7) is 6.76. The molecule has 1 N–H and O–H groups in total. The number of rotatable bonds is 62. The van der Waals surface area contributed by atoms with Crippen molar-refractivity contribution >= 4 is 19.7 Å². The second-order valence-corrected chi connectivity index (χ2v) is 25.7. The van der Waals surface area contributed by atoms with E-state index in [-0.39, 0.29) is 24.9 Å². The molecule has 0 saturated heterocycles. The molecule has 1 amide bonds. The molecule has 3 atom stereocenters. The van der Waals surface area contributed by atoms with Gasteiger partial charge in [-0.1, -0.05) is 299 Å². The molecule has 0 aliphatic heterocycles. The third kappa shape index (κ3) is 61.8. The van der Waals surface area contributed by atoms with Crippen molar-refractivity contribution in [2.75, 3.05) is 40.9 Å². The maximum atomic E-state index is 13.6. The zero-order valence-electron chi connectivity index (χ0n) is 54.0. The fourth-order valence-electron chi connectivity index (χ4n) is 9.90. The van der Waals surface area contributed by atoms with Crippen LogP contribution in [0.15, 0.2) is 72.9 Å². The van der Waals surface area contributed by atoms with E-state index in [0.29, 0.717) is 17.4 Å². The van der Waals surface area contributed by atoms with E-state index in [1.54, 1.807) is 0 Å². The number of quaternary nitrogens is 1. The first kappa shape index (κ1) is 78.5. The summed E-state index contributed by atoms with van der Waals surface area (Å²) in [5.74, 6) is -0.543. The van der Waals surface area contributed by atoms with Crippen LogP contribution in [-0.2, 0) is 27.9 Å². The Morgan fingerprint density at radius 2 is 0.790 bits per heavy atom. The summed E-state index contributed by atoms with van der Waals surface area (Å²) in [6, 6.07) is -0.894. The average Bonchev–Trinajstić information content (AvgIpc) is 3.44. The van der Waals surface area contributed by atoms with Gasteiger partial charge in [-0.3, -0.25) is 14.2 Å². The van der Waals surface area contributed by atoms with Crippen LogP contribution in [0.4, 0.5) is 0 Å². The molecule has 0 saturated carbocycles. The molecule has 0 aliphatic rings. The van der Waals surface area contributed by atoms with Crippen LogP contribution < -0.4 is 10.2 Å². The van der Waals surface area contributed by atoms with E-state index in [9.17, 15) is 19.0 Å². The minimum absolute atomic E-state index is 0.0247. The van der Waals surface area contributed by atoms with Gasteiger partial charge in [-0.25, -0.2) is 0 Å². The van der Waals surface area contributed by atoms with Crippen LogP contribution in [0.3, 0.4) is 0 Å². The molecule has 0 radical (unpaired) electrons. The van der Waals surface area contributed by atoms with E-state index in [1.807, 2.05) is 33.3 Å². The van der Waals surface area contributed by atoms with Crippen LogP contribution in [-0.4, -0.2) is 69.4 Å². The number of carbonyl (C=O) groups is 2. The predicted molar refractivity (Wildman–Crippen MR) is 348 cm³/mol. The average molecular weight is 1160 g/mol. The fraction of sp³-hybridized carbons (Fsp3) is 0.803. The van der Waals surface area contributed by atoms with E-state index < -0.39 is 26.6 Å². The Morgan fingerprint density at radius 1 is 0.444 bits per heavy atom. The molecule has 0 heterocycles. The van der Waals surface area contributed by atoms with Crippen molar-refractivity contribution in [3.05, 3.63) is 72.9 Å². The van der Waals surface area contributed by atoms with Gasteiger partial charge in [-0.2, -0.15) is 0 Å². The number of carbonyl (C=O) groups excluding carboxylic acids is 2. The smallest absolute Gasteiger partial charge is 0.306 e. The third-order valence-electron chi connectivity index (χ3n) is 15.2. The van der Waals surface area contributed by atoms with Crippen molar-refractivity contribution in [3.63, 3.8) is 0 Å². The van der Waals surface area contributed by atoms with Gasteiger partial charge in [0.15, 0.2) is 0 Å². The van der Waals surface area contributed by atoms with E-state index in [2.05, 4.69) is 86.8 Å². The van der Waals surface area contributed by atoms with E-state index in [1.165, 1.54) is 180 Å². The van der Waals surface area contributed by atoms with Crippen molar-refractivity contribution < 1.29 is 37.3 Å². The summed E-state index contributed by atoms with van der Waals surface area (Å²) in [5.41, 5.74) is 0. The minimum Gasteiger partial charge on any atom is -0.756 e. The number of phosphoric ester groups is 1. The monoisotopic (exact) mass is 1150 g/mol. The molecule has 0 aromatic heterocycles. The standard InChI is InChI=1S/C71H131N2O7P/c1-7-10-13-16-19-22-25-28-30-32-34-35-36-37-39-41-43-46-49-52-55-58-61-64-71(75)80-69(62-59-56-53-50-47-44-27-24-21-18-15-12-9-3)68(67-79-81(76,77)78-66-65-73(4,5)6)72-70(74)63-60-57-54-51-48-45-42-40-38-33-31-29-26-23-20-17-14-11-8-2/h10,13,19,22,28,30,34-35,37,39,59,62,68-69H,7-9,11-12,14-18,20-21,23-27,29,31-33,36,38,40-58,60-61,63-67H2,1-6H3,(H-,72,74,76,77)/b13-10-,22-19-,30-28-,35-34-,39-37-,62-59+. The molecular weight excluding hydrogens is 1020 g/mol. The Morgan fingerprint density at radius 3 is 1.19 bits per heavy atom. The molecule has 0 aromatic carbocycles. The quantitative estimate of drug-likeness (QED) is 0.0212. The van der Waals surface area contributed by atoms with Crippen molar-refractivity contribution in [1.29, 1.82) is 0 Å². The predicted octanol–water partition coefficient (Wildman–Crippen LogP) is 20.9. The van der Waals surface area contributed by atoms with Crippen LogP contribution >= 0.6 is 7.82 Å². The number of ether oxygens (including phenoxy) is 1. The lowest BCUT2D eigenvalue weighted by molar-refractivity contribution is -0.870. The highest BCUT2D eigenvalue weighted by Gasteiger charge is 2.27. The summed E-state index contributed by atoms with van der Waals surface area (Å²) in [7, 11) is 1.18. The maximum Gasteiger partial charge on any atom is 0.306 e. The number of hydrogen-bond acceptors (Lipinski definition) is 7. The first-order valence-corrected chi connectivity index (χ1v) is 35.7. The van der Waals surface area contributed by atoms with Gasteiger partial charge in [0, 0.05) is 12.8 Å². The number of allylic oxidation sites excluding steroid dienone is 11. The molecule has 472 valence electrons. The van der Waals surface area contributed by atoms with Crippen LogP contribution in [0.1, 0.15) is 316 Å². The van der Waals surface area contributed by atoms with Crippen LogP contribution in [0, 0.1) is 0 Å². The molecule has 0 rings (SSSR count). The highest BCUT2D eigenvalue weighted by molar-refractivity contribution is 7.45. The summed E-state index contributed by atoms with van der Waals surface area (Å²) < 4.78 is 30.4. The van der Waals surface area contributed by atoms with Gasteiger partial charge in [0.25, 0.3) is 7.82 Å². The van der Waals surface area contributed by atoms with Crippen LogP contribution in [0.2, 0.25) is 0 Å². The molecule has 0 aromatic rings. The third-order valence-corrected chi connectivity index (χ3v) is 16.1. The van der Waals surface area contributed by atoms with Gasteiger partial charge in [0.2, 0.25) is 5.91 Å². The second kappa shape index (κ2) is 60.6. The van der Waals surface area contributed by atoms with Gasteiger partial charge in [0.05, 0.1) is 33.8 Å². The van der Waals surface area contributed by atoms with Crippen molar-refractivity contribution in [1.82, 2.24) is 5.32 Å². The van der Waals surface area contributed by atoms with Gasteiger partial charge in [-0.15, -0.1) is 0 Å². The summed E-state index contributed by atoms with van der Waals surface area (Å²) in [6.07, 6.45) is 78.7. The summed E-state index contributed by atoms with van der Waals surface area (Å²) in [4.78, 5) is 40.2. The topological polar surface area (TPSA) is 114 Å². The zero-order chi connectivity index (χ0) is 59.3. The number of phosphoric acid groups is 1. The Balaban J connectivity index is 5.18. The number of amides is 1. The Kier molecular flexibility index (Phi) is 58.7. The van der Waals surface area contributed by atoms with Gasteiger partial charge in [-0.05, 0) is 76.7 Å². The number of hydrogen-bond donors (Lipinski definition) is 1. The Hall–Kier alpha value is -2.55. The van der Waals surface area contributed by atoms with Crippen LogP contribution in [0.5, 0.6) is 0 Å². The highest BCUT2D eigenvalue weighted by atomic mass is 31.2. The molecule has 0 spiro atoms. The maximum absolute atomic E-state index is 13.6. The van der Waals surface area contributed by atoms with Crippen molar-refractivity contribution in [2.24, 2.45) is 0 Å². The molecule has 9 nitrogen and oxygen atoms in total. The molecular formula is C71H131N2O7P. The molecule has 10 heteroatoms. The largest absolute Gasteiger partial charge is 0.756 e. The first-order chi connectivity index (χ1) is 39.4. The summed E-state index contributed by atoms with van der Waals surface area (Å²) >= 11 is 0. The van der Waals surface area contributed by atoms with Crippen molar-refractivity contribution in [2.45, 2.75) is 328 Å². The summed E-state index contributed by atoms with van der Waals surface area (Å²) in [5, 5.41) is 3.04. The fourth-order valence-corrected chi connectivity index (χ4v) is 10.6. The Bertz CT molecular complexity index is 1620. The van der Waals surface area contributed by atoms with Gasteiger partial charge < -0.3 is 28.5 Å².